The highest BCUT2D eigenvalue weighted by Crippen LogP contribution is 2.10. The van der Waals surface area contributed by atoms with Crippen LogP contribution in [-0.2, 0) is 16.1 Å². The molecule has 4 N–H and O–H groups in total. The van der Waals surface area contributed by atoms with E-state index in [1.807, 2.05) is 24.3 Å². The Balaban J connectivity index is 2.70. The van der Waals surface area contributed by atoms with E-state index in [-0.39, 0.29) is 0 Å². The molecule has 0 aliphatic rings. The molecule has 0 spiro atoms. The molecule has 0 aliphatic carbocycles. The molecule has 0 aliphatic heterocycles. The monoisotopic (exact) mass is 236 g/mol. The minimum atomic E-state index is -0.624. The van der Waals surface area contributed by atoms with Gasteiger partial charge in [0.05, 0.1) is 0 Å². The molecule has 0 unspecified atom stereocenters. The highest BCUT2D eigenvalue weighted by Gasteiger charge is 2.16. The molecule has 2 amide bonds. The molecule has 0 saturated carbocycles. The van der Waals surface area contributed by atoms with E-state index < -0.39 is 11.8 Å². The van der Waals surface area contributed by atoms with Gasteiger partial charge in [0, 0.05) is 26.3 Å². The SMILES string of the molecule is CNC(=O)C(=O)N(C)Cc1cccc(NN)c1. The summed E-state index contributed by atoms with van der Waals surface area (Å²) in [7, 11) is 2.99. The fourth-order valence-corrected chi connectivity index (χ4v) is 1.39. The zero-order valence-corrected chi connectivity index (χ0v) is 9.86. The lowest BCUT2D eigenvalue weighted by Crippen LogP contribution is -2.39. The Bertz CT molecular complexity index is 420. The second-order valence-corrected chi connectivity index (χ2v) is 3.59. The van der Waals surface area contributed by atoms with E-state index in [2.05, 4.69) is 10.7 Å². The maximum Gasteiger partial charge on any atom is 0.311 e. The average molecular weight is 236 g/mol. The van der Waals surface area contributed by atoms with Crippen molar-refractivity contribution in [3.63, 3.8) is 0 Å². The summed E-state index contributed by atoms with van der Waals surface area (Å²) in [6.45, 7) is 0.349. The van der Waals surface area contributed by atoms with Crippen molar-refractivity contribution >= 4 is 17.5 Å². The molecule has 1 rings (SSSR count). The summed E-state index contributed by atoms with van der Waals surface area (Å²) in [6.07, 6.45) is 0. The van der Waals surface area contributed by atoms with E-state index in [1.54, 1.807) is 7.05 Å². The molecular weight excluding hydrogens is 220 g/mol. The van der Waals surface area contributed by atoms with Crippen molar-refractivity contribution in [2.75, 3.05) is 19.5 Å². The van der Waals surface area contributed by atoms with Gasteiger partial charge in [0.2, 0.25) is 0 Å². The van der Waals surface area contributed by atoms with Crippen molar-refractivity contribution in [2.24, 2.45) is 5.84 Å². The fourth-order valence-electron chi connectivity index (χ4n) is 1.39. The number of hydrogen-bond donors (Lipinski definition) is 3. The normalized spacial score (nSPS) is 9.59. The topological polar surface area (TPSA) is 87.5 Å². The molecule has 92 valence electrons. The number of carbonyl (C=O) groups excluding carboxylic acids is 2. The van der Waals surface area contributed by atoms with E-state index in [1.165, 1.54) is 11.9 Å². The Labute approximate surface area is 99.7 Å². The molecule has 1 aromatic rings. The van der Waals surface area contributed by atoms with Gasteiger partial charge in [0.1, 0.15) is 0 Å². The molecule has 6 heteroatoms. The molecule has 17 heavy (non-hydrogen) atoms. The van der Waals surface area contributed by atoms with Gasteiger partial charge in [-0.05, 0) is 17.7 Å². The van der Waals surface area contributed by atoms with Gasteiger partial charge in [0.15, 0.2) is 0 Å². The lowest BCUT2D eigenvalue weighted by atomic mass is 10.2. The maximum absolute atomic E-state index is 11.5. The summed E-state index contributed by atoms with van der Waals surface area (Å²) in [6, 6.07) is 7.30. The van der Waals surface area contributed by atoms with Crippen LogP contribution in [0.3, 0.4) is 0 Å². The van der Waals surface area contributed by atoms with Gasteiger partial charge in [-0.2, -0.15) is 0 Å². The first kappa shape index (κ1) is 13.0. The first-order valence-corrected chi connectivity index (χ1v) is 5.11. The van der Waals surface area contributed by atoms with E-state index in [4.69, 9.17) is 5.84 Å². The predicted molar refractivity (Wildman–Crippen MR) is 64.8 cm³/mol. The zero-order valence-electron chi connectivity index (χ0n) is 9.86. The minimum Gasteiger partial charge on any atom is -0.351 e. The number of benzene rings is 1. The fraction of sp³-hybridized carbons (Fsp3) is 0.273. The van der Waals surface area contributed by atoms with Gasteiger partial charge in [-0.1, -0.05) is 12.1 Å². The van der Waals surface area contributed by atoms with Crippen LogP contribution >= 0.6 is 0 Å². The highest BCUT2D eigenvalue weighted by atomic mass is 16.2. The standard InChI is InChI=1S/C11H16N4O2/c1-13-10(16)11(17)15(2)7-8-4-3-5-9(6-8)14-12/h3-6,14H,7,12H2,1-2H3,(H,13,16). The number of hydrogen-bond acceptors (Lipinski definition) is 4. The van der Waals surface area contributed by atoms with Gasteiger partial charge < -0.3 is 15.6 Å². The molecule has 1 aromatic carbocycles. The highest BCUT2D eigenvalue weighted by molar-refractivity contribution is 6.34. The molecule has 0 radical (unpaired) electrons. The molecular formula is C11H16N4O2. The van der Waals surface area contributed by atoms with Gasteiger partial charge in [0.25, 0.3) is 0 Å². The summed E-state index contributed by atoms with van der Waals surface area (Å²) in [5.41, 5.74) is 4.16. The summed E-state index contributed by atoms with van der Waals surface area (Å²) >= 11 is 0. The Morgan fingerprint density at radius 1 is 1.41 bits per heavy atom. The Kier molecular flexibility index (Phi) is 4.47. The molecule has 6 nitrogen and oxygen atoms in total. The number of hydrazine groups is 1. The lowest BCUT2D eigenvalue weighted by Gasteiger charge is -2.16. The largest absolute Gasteiger partial charge is 0.351 e. The maximum atomic E-state index is 11.5. The first-order chi connectivity index (χ1) is 8.08. The second kappa shape index (κ2) is 5.86. The molecule has 0 fully saturated rings. The van der Waals surface area contributed by atoms with Crippen LogP contribution in [0.1, 0.15) is 5.56 Å². The van der Waals surface area contributed by atoms with Crippen molar-refractivity contribution in [2.45, 2.75) is 6.54 Å². The lowest BCUT2D eigenvalue weighted by molar-refractivity contribution is -0.145. The smallest absolute Gasteiger partial charge is 0.311 e. The van der Waals surface area contributed by atoms with Crippen LogP contribution in [-0.4, -0.2) is 30.8 Å². The van der Waals surface area contributed by atoms with E-state index in [0.29, 0.717) is 6.54 Å². The van der Waals surface area contributed by atoms with Crippen molar-refractivity contribution in [3.8, 4) is 0 Å². The van der Waals surface area contributed by atoms with Crippen LogP contribution in [0.15, 0.2) is 24.3 Å². The summed E-state index contributed by atoms with van der Waals surface area (Å²) in [5, 5.41) is 2.29. The number of nitrogens with zero attached hydrogens (tertiary/aromatic N) is 1. The summed E-state index contributed by atoms with van der Waals surface area (Å²) < 4.78 is 0. The quantitative estimate of drug-likeness (QED) is 0.381. The number of anilines is 1. The Hall–Kier alpha value is -2.08. The van der Waals surface area contributed by atoms with E-state index in [0.717, 1.165) is 11.3 Å². The Morgan fingerprint density at radius 3 is 2.71 bits per heavy atom. The predicted octanol–water partition coefficient (Wildman–Crippen LogP) is -0.323. The number of carbonyl (C=O) groups is 2. The van der Waals surface area contributed by atoms with Crippen LogP contribution in [0.2, 0.25) is 0 Å². The van der Waals surface area contributed by atoms with Crippen molar-refractivity contribution in [1.82, 2.24) is 10.2 Å². The van der Waals surface area contributed by atoms with Gasteiger partial charge in [-0.15, -0.1) is 0 Å². The number of likely N-dealkylation sites (N-methyl/N-ethyl adjacent to an activating group) is 2. The van der Waals surface area contributed by atoms with Gasteiger partial charge in [-0.25, -0.2) is 0 Å². The van der Waals surface area contributed by atoms with Crippen LogP contribution in [0, 0.1) is 0 Å². The average Bonchev–Trinajstić information content (AvgIpc) is 2.37. The van der Waals surface area contributed by atoms with Crippen molar-refractivity contribution < 1.29 is 9.59 Å². The molecule has 0 bridgehead atoms. The number of nitrogens with two attached hydrogens (primary N) is 1. The van der Waals surface area contributed by atoms with Crippen LogP contribution in [0.25, 0.3) is 0 Å². The van der Waals surface area contributed by atoms with Crippen LogP contribution in [0.5, 0.6) is 0 Å². The van der Waals surface area contributed by atoms with Crippen molar-refractivity contribution in [1.29, 1.82) is 0 Å². The molecule has 0 heterocycles. The van der Waals surface area contributed by atoms with Crippen LogP contribution in [0.4, 0.5) is 5.69 Å². The van der Waals surface area contributed by atoms with Gasteiger partial charge >= 0.3 is 11.8 Å². The van der Waals surface area contributed by atoms with E-state index >= 15 is 0 Å². The zero-order chi connectivity index (χ0) is 12.8. The second-order valence-electron chi connectivity index (χ2n) is 3.59. The number of nitrogens with one attached hydrogen (secondary N) is 2. The third-order valence-corrected chi connectivity index (χ3v) is 2.28. The van der Waals surface area contributed by atoms with Gasteiger partial charge in [-0.3, -0.25) is 15.4 Å². The number of amides is 2. The first-order valence-electron chi connectivity index (χ1n) is 5.11. The minimum absolute atomic E-state index is 0.349. The van der Waals surface area contributed by atoms with E-state index in [9.17, 15) is 9.59 Å². The Morgan fingerprint density at radius 2 is 2.12 bits per heavy atom. The summed E-state index contributed by atoms with van der Waals surface area (Å²) in [4.78, 5) is 24.0. The number of rotatable bonds is 3. The van der Waals surface area contributed by atoms with Crippen LogP contribution < -0.4 is 16.6 Å². The molecule has 0 saturated heterocycles. The molecule has 0 atom stereocenters. The third-order valence-electron chi connectivity index (χ3n) is 2.28. The summed E-state index contributed by atoms with van der Waals surface area (Å²) in [5.74, 6) is 4.09. The van der Waals surface area contributed by atoms with Crippen molar-refractivity contribution in [3.05, 3.63) is 29.8 Å². The number of nitrogen functional groups attached to an aromatic ring is 1. The molecule has 0 aromatic heterocycles. The third kappa shape index (κ3) is 3.46.